The predicted molar refractivity (Wildman–Crippen MR) is 78.2 cm³/mol. The summed E-state index contributed by atoms with van der Waals surface area (Å²) < 4.78 is 37.2. The Morgan fingerprint density at radius 2 is 1.78 bits per heavy atom. The number of anilines is 2. The molecule has 0 aliphatic carbocycles. The highest BCUT2D eigenvalue weighted by Crippen LogP contribution is 2.33. The highest BCUT2D eigenvalue weighted by molar-refractivity contribution is 7.15. The first kappa shape index (κ1) is 16.9. The molecule has 0 aliphatic rings. The maximum Gasteiger partial charge on any atom is 0.445 e. The van der Waals surface area contributed by atoms with Gasteiger partial charge in [0.1, 0.15) is 0 Å². The van der Waals surface area contributed by atoms with Crippen LogP contribution in [0.4, 0.5) is 24.0 Å². The molecular formula is C13H11F3N4O2S. The number of hydrogen-bond donors (Lipinski definition) is 2. The summed E-state index contributed by atoms with van der Waals surface area (Å²) in [7, 11) is 0. The lowest BCUT2D eigenvalue weighted by atomic mass is 10.2. The minimum atomic E-state index is -4.60. The average molecular weight is 344 g/mol. The zero-order valence-corrected chi connectivity index (χ0v) is 12.6. The van der Waals surface area contributed by atoms with Gasteiger partial charge in [0.25, 0.3) is 5.91 Å². The van der Waals surface area contributed by atoms with Gasteiger partial charge in [-0.3, -0.25) is 14.9 Å². The second kappa shape index (κ2) is 6.73. The Morgan fingerprint density at radius 1 is 1.13 bits per heavy atom. The number of alkyl halides is 3. The van der Waals surface area contributed by atoms with E-state index in [1.807, 2.05) is 0 Å². The Kier molecular flexibility index (Phi) is 4.94. The molecule has 2 aromatic rings. The van der Waals surface area contributed by atoms with Crippen molar-refractivity contribution < 1.29 is 22.8 Å². The van der Waals surface area contributed by atoms with Crippen LogP contribution in [-0.4, -0.2) is 22.0 Å². The van der Waals surface area contributed by atoms with Crippen molar-refractivity contribution in [1.29, 1.82) is 0 Å². The van der Waals surface area contributed by atoms with Gasteiger partial charge in [0.2, 0.25) is 16.0 Å². The van der Waals surface area contributed by atoms with E-state index >= 15 is 0 Å². The van der Waals surface area contributed by atoms with E-state index in [9.17, 15) is 22.8 Å². The third-order valence-corrected chi connectivity index (χ3v) is 3.52. The third-order valence-electron chi connectivity index (χ3n) is 2.64. The molecule has 0 unspecified atom stereocenters. The van der Waals surface area contributed by atoms with Gasteiger partial charge in [-0.2, -0.15) is 13.2 Å². The molecule has 10 heteroatoms. The van der Waals surface area contributed by atoms with Crippen molar-refractivity contribution in [3.05, 3.63) is 34.8 Å². The van der Waals surface area contributed by atoms with Gasteiger partial charge in [0.05, 0.1) is 0 Å². The van der Waals surface area contributed by atoms with Crippen LogP contribution in [0.25, 0.3) is 0 Å². The van der Waals surface area contributed by atoms with Crippen molar-refractivity contribution in [3.8, 4) is 0 Å². The molecule has 1 heterocycles. The number of aromatic nitrogens is 2. The number of nitrogens with zero attached hydrogens (tertiary/aromatic N) is 2. The van der Waals surface area contributed by atoms with Crippen molar-refractivity contribution >= 4 is 34.0 Å². The molecule has 0 saturated carbocycles. The fraction of sp³-hybridized carbons (Fsp3) is 0.231. The minimum absolute atomic E-state index is 0.171. The zero-order valence-electron chi connectivity index (χ0n) is 11.8. The molecule has 1 aromatic carbocycles. The van der Waals surface area contributed by atoms with E-state index in [4.69, 9.17) is 0 Å². The summed E-state index contributed by atoms with van der Waals surface area (Å²) in [6.07, 6.45) is -4.28. The van der Waals surface area contributed by atoms with Crippen LogP contribution in [-0.2, 0) is 11.0 Å². The van der Waals surface area contributed by atoms with Gasteiger partial charge in [-0.25, -0.2) is 0 Å². The maximum absolute atomic E-state index is 12.4. The topological polar surface area (TPSA) is 84.0 Å². The molecule has 2 rings (SSSR count). The zero-order chi connectivity index (χ0) is 17.0. The Morgan fingerprint density at radius 3 is 2.30 bits per heavy atom. The molecule has 0 spiro atoms. The molecular weight excluding hydrogens is 333 g/mol. The summed E-state index contributed by atoms with van der Waals surface area (Å²) in [6, 6.07) is 5.91. The summed E-state index contributed by atoms with van der Waals surface area (Å²) in [4.78, 5) is 23.2. The van der Waals surface area contributed by atoms with Gasteiger partial charge >= 0.3 is 6.18 Å². The molecule has 2 amide bonds. The van der Waals surface area contributed by atoms with Crippen molar-refractivity contribution in [1.82, 2.24) is 10.2 Å². The smallest absolute Gasteiger partial charge is 0.326 e. The number of carbonyl (C=O) groups is 2. The van der Waals surface area contributed by atoms with Crippen molar-refractivity contribution in [3.63, 3.8) is 0 Å². The first-order valence-electron chi connectivity index (χ1n) is 6.41. The number of carbonyl (C=O) groups excluding carboxylic acids is 2. The van der Waals surface area contributed by atoms with Crippen LogP contribution < -0.4 is 10.6 Å². The van der Waals surface area contributed by atoms with Crippen molar-refractivity contribution in [2.24, 2.45) is 0 Å². The fourth-order valence-corrected chi connectivity index (χ4v) is 2.12. The fourth-order valence-electron chi connectivity index (χ4n) is 1.51. The Balaban J connectivity index is 2.03. The molecule has 1 aromatic heterocycles. The molecule has 0 radical (unpaired) electrons. The average Bonchev–Trinajstić information content (AvgIpc) is 2.96. The number of amides is 2. The van der Waals surface area contributed by atoms with Gasteiger partial charge in [0, 0.05) is 17.7 Å². The summed E-state index contributed by atoms with van der Waals surface area (Å²) in [6.45, 7) is 1.70. The normalized spacial score (nSPS) is 11.1. The standard InChI is InChI=1S/C13H11F3N4O2S/c1-2-9(21)17-8-5-3-7(4-6-8)10(22)18-12-20-19-11(23-12)13(14,15)16/h3-6H,2H2,1H3,(H,17,21)(H,18,20,22). The largest absolute Gasteiger partial charge is 0.445 e. The van der Waals surface area contributed by atoms with Crippen LogP contribution in [0, 0.1) is 0 Å². The molecule has 2 N–H and O–H groups in total. The van der Waals surface area contributed by atoms with E-state index in [0.717, 1.165) is 0 Å². The Bertz CT molecular complexity index is 713. The molecule has 122 valence electrons. The van der Waals surface area contributed by atoms with E-state index in [-0.39, 0.29) is 27.9 Å². The Labute approximate surface area is 132 Å². The van der Waals surface area contributed by atoms with Crippen molar-refractivity contribution in [2.45, 2.75) is 19.5 Å². The van der Waals surface area contributed by atoms with Gasteiger partial charge in [0.15, 0.2) is 0 Å². The van der Waals surface area contributed by atoms with Crippen molar-refractivity contribution in [2.75, 3.05) is 10.6 Å². The van der Waals surface area contributed by atoms with E-state index < -0.39 is 17.1 Å². The van der Waals surface area contributed by atoms with E-state index in [0.29, 0.717) is 12.1 Å². The molecule has 6 nitrogen and oxygen atoms in total. The van der Waals surface area contributed by atoms with Crippen LogP contribution in [0.5, 0.6) is 0 Å². The lowest BCUT2D eigenvalue weighted by molar-refractivity contribution is -0.138. The number of halogens is 3. The monoisotopic (exact) mass is 344 g/mol. The van der Waals surface area contributed by atoms with Crippen LogP contribution in [0.2, 0.25) is 0 Å². The molecule has 0 aliphatic heterocycles. The summed E-state index contributed by atoms with van der Waals surface area (Å²) in [5.41, 5.74) is 0.729. The second-order valence-electron chi connectivity index (χ2n) is 4.34. The van der Waals surface area contributed by atoms with Gasteiger partial charge < -0.3 is 5.32 Å². The van der Waals surface area contributed by atoms with E-state index in [1.54, 1.807) is 6.92 Å². The highest BCUT2D eigenvalue weighted by atomic mass is 32.1. The van der Waals surface area contributed by atoms with Gasteiger partial charge in [-0.15, -0.1) is 10.2 Å². The minimum Gasteiger partial charge on any atom is -0.326 e. The summed E-state index contributed by atoms with van der Waals surface area (Å²) in [5, 5.41) is 9.72. The second-order valence-corrected chi connectivity index (χ2v) is 5.32. The SMILES string of the molecule is CCC(=O)Nc1ccc(C(=O)Nc2nnc(C(F)(F)F)s2)cc1. The quantitative estimate of drug-likeness (QED) is 0.892. The van der Waals surface area contributed by atoms with Crippen LogP contribution in [0.15, 0.2) is 24.3 Å². The predicted octanol–water partition coefficient (Wildman–Crippen LogP) is 3.16. The summed E-state index contributed by atoms with van der Waals surface area (Å²) in [5.74, 6) is -0.793. The molecule has 0 saturated heterocycles. The first-order chi connectivity index (χ1) is 10.8. The number of nitrogens with one attached hydrogen (secondary N) is 2. The first-order valence-corrected chi connectivity index (χ1v) is 7.23. The van der Waals surface area contributed by atoms with Gasteiger partial charge in [-0.1, -0.05) is 18.3 Å². The number of benzene rings is 1. The van der Waals surface area contributed by atoms with Gasteiger partial charge in [-0.05, 0) is 24.3 Å². The Hall–Kier alpha value is -2.49. The number of rotatable bonds is 4. The molecule has 0 bridgehead atoms. The maximum atomic E-state index is 12.4. The molecule has 23 heavy (non-hydrogen) atoms. The molecule has 0 fully saturated rings. The molecule has 0 atom stereocenters. The summed E-state index contributed by atoms with van der Waals surface area (Å²) >= 11 is 0.241. The van der Waals surface area contributed by atoms with Crippen LogP contribution in [0.1, 0.15) is 28.7 Å². The van der Waals surface area contributed by atoms with Crippen LogP contribution >= 0.6 is 11.3 Å². The van der Waals surface area contributed by atoms with Crippen LogP contribution in [0.3, 0.4) is 0 Å². The van der Waals surface area contributed by atoms with E-state index in [1.165, 1.54) is 24.3 Å². The highest BCUT2D eigenvalue weighted by Gasteiger charge is 2.35. The lowest BCUT2D eigenvalue weighted by Crippen LogP contribution is -2.12. The van der Waals surface area contributed by atoms with E-state index in [2.05, 4.69) is 20.8 Å². The third kappa shape index (κ3) is 4.49. The lowest BCUT2D eigenvalue weighted by Gasteiger charge is -2.05. The number of hydrogen-bond acceptors (Lipinski definition) is 5.